The quantitative estimate of drug-likeness (QED) is 0.413. The van der Waals surface area contributed by atoms with Crippen molar-refractivity contribution in [2.24, 2.45) is 0 Å². The second-order valence-electron chi connectivity index (χ2n) is 3.24. The number of halogens is 1. The summed E-state index contributed by atoms with van der Waals surface area (Å²) in [5.74, 6) is -1.76. The van der Waals surface area contributed by atoms with E-state index in [2.05, 4.69) is 17.2 Å². The first-order chi connectivity index (χ1) is 7.16. The van der Waals surface area contributed by atoms with Crippen LogP contribution in [0.5, 0.6) is 0 Å². The van der Waals surface area contributed by atoms with Crippen LogP contribution in [0.15, 0.2) is 0 Å². The third kappa shape index (κ3) is 2.97. The average Bonchev–Trinajstić information content (AvgIpc) is 2.55. The Morgan fingerprint density at radius 2 is 2.20 bits per heavy atom. The fourth-order valence-electron chi connectivity index (χ4n) is 1.24. The summed E-state index contributed by atoms with van der Waals surface area (Å²) in [4.78, 5) is 9.39. The first kappa shape index (κ1) is 11.5. The number of unbranched alkanes of at least 4 members (excludes halogenated alkanes) is 3. The molecule has 6 nitrogen and oxygen atoms in total. The normalized spacial score (nSPS) is 10.5. The van der Waals surface area contributed by atoms with Crippen LogP contribution in [0, 0.1) is 16.1 Å². The molecule has 0 unspecified atom stereocenters. The highest BCUT2D eigenvalue weighted by Crippen LogP contribution is 2.12. The minimum Gasteiger partial charge on any atom is -0.358 e. The van der Waals surface area contributed by atoms with E-state index >= 15 is 0 Å². The molecule has 0 amide bonds. The van der Waals surface area contributed by atoms with E-state index in [1.165, 1.54) is 0 Å². The molecule has 0 aromatic carbocycles. The lowest BCUT2D eigenvalue weighted by atomic mass is 10.2. The minimum atomic E-state index is -0.962. The van der Waals surface area contributed by atoms with E-state index < -0.39 is 16.7 Å². The van der Waals surface area contributed by atoms with Crippen LogP contribution < -0.4 is 0 Å². The summed E-state index contributed by atoms with van der Waals surface area (Å²) < 4.78 is 14.1. The Morgan fingerprint density at radius 1 is 1.47 bits per heavy atom. The lowest BCUT2D eigenvalue weighted by molar-refractivity contribution is -0.392. The van der Waals surface area contributed by atoms with Crippen LogP contribution in [-0.2, 0) is 6.54 Å². The Hall–Kier alpha value is -1.53. The largest absolute Gasteiger partial charge is 0.447 e. The fourth-order valence-corrected chi connectivity index (χ4v) is 1.24. The van der Waals surface area contributed by atoms with Crippen molar-refractivity contribution in [2.45, 2.75) is 39.2 Å². The summed E-state index contributed by atoms with van der Waals surface area (Å²) in [5.41, 5.74) is 0. The van der Waals surface area contributed by atoms with Crippen LogP contribution in [0.4, 0.5) is 10.2 Å². The molecule has 0 fully saturated rings. The van der Waals surface area contributed by atoms with E-state index in [4.69, 9.17) is 0 Å². The van der Waals surface area contributed by atoms with Gasteiger partial charge in [0.05, 0.1) is 5.21 Å². The van der Waals surface area contributed by atoms with Gasteiger partial charge in [0.2, 0.25) is 0 Å². The van der Waals surface area contributed by atoms with Crippen LogP contribution in [-0.4, -0.2) is 19.9 Å². The van der Waals surface area contributed by atoms with Crippen LogP contribution in [0.1, 0.15) is 32.6 Å². The molecule has 15 heavy (non-hydrogen) atoms. The molecule has 0 saturated heterocycles. The maximum absolute atomic E-state index is 13.2. The molecular formula is C8H13FN4O2. The van der Waals surface area contributed by atoms with Gasteiger partial charge in [-0.3, -0.25) is 0 Å². The van der Waals surface area contributed by atoms with Gasteiger partial charge in [0.15, 0.2) is 0 Å². The Balaban J connectivity index is 2.51. The van der Waals surface area contributed by atoms with Gasteiger partial charge in [-0.05, 0) is 11.3 Å². The first-order valence-electron chi connectivity index (χ1n) is 4.90. The average molecular weight is 216 g/mol. The predicted molar refractivity (Wildman–Crippen MR) is 50.8 cm³/mol. The molecule has 0 saturated carbocycles. The second kappa shape index (κ2) is 5.38. The Morgan fingerprint density at radius 3 is 2.73 bits per heavy atom. The van der Waals surface area contributed by atoms with Gasteiger partial charge in [0.25, 0.3) is 0 Å². The molecule has 0 aliphatic carbocycles. The molecule has 7 heteroatoms. The van der Waals surface area contributed by atoms with E-state index in [-0.39, 0.29) is 0 Å². The van der Waals surface area contributed by atoms with Crippen molar-refractivity contribution in [1.29, 1.82) is 0 Å². The van der Waals surface area contributed by atoms with Crippen LogP contribution in [0.3, 0.4) is 0 Å². The highest BCUT2D eigenvalue weighted by molar-refractivity contribution is 5.12. The summed E-state index contributed by atoms with van der Waals surface area (Å²) >= 11 is 0. The number of hydrogen-bond donors (Lipinski definition) is 0. The van der Waals surface area contributed by atoms with Gasteiger partial charge in [0, 0.05) is 6.54 Å². The molecule has 1 rings (SSSR count). The molecule has 0 spiro atoms. The smallest absolute Gasteiger partial charge is 0.358 e. The molecule has 0 aliphatic rings. The zero-order valence-corrected chi connectivity index (χ0v) is 8.52. The van der Waals surface area contributed by atoms with Gasteiger partial charge in [0.1, 0.15) is 5.10 Å². The zero-order chi connectivity index (χ0) is 11.3. The monoisotopic (exact) mass is 216 g/mol. The number of rotatable bonds is 6. The van der Waals surface area contributed by atoms with Gasteiger partial charge in [-0.25, -0.2) is 0 Å². The van der Waals surface area contributed by atoms with Crippen molar-refractivity contribution in [2.75, 3.05) is 0 Å². The van der Waals surface area contributed by atoms with Crippen molar-refractivity contribution in [3.8, 4) is 0 Å². The first-order valence-corrected chi connectivity index (χ1v) is 4.90. The summed E-state index contributed by atoms with van der Waals surface area (Å²) in [5, 5.41) is 16.8. The maximum Gasteiger partial charge on any atom is 0.447 e. The van der Waals surface area contributed by atoms with Crippen molar-refractivity contribution in [3.63, 3.8) is 0 Å². The predicted octanol–water partition coefficient (Wildman–Crippen LogP) is 1.91. The highest BCUT2D eigenvalue weighted by Gasteiger charge is 2.23. The second-order valence-corrected chi connectivity index (χ2v) is 3.24. The third-order valence-electron chi connectivity index (χ3n) is 2.05. The van der Waals surface area contributed by atoms with Gasteiger partial charge in [-0.15, -0.1) is 0 Å². The van der Waals surface area contributed by atoms with Gasteiger partial charge >= 0.3 is 11.8 Å². The molecule has 0 bridgehead atoms. The van der Waals surface area contributed by atoms with Crippen molar-refractivity contribution < 1.29 is 9.31 Å². The van der Waals surface area contributed by atoms with Crippen molar-refractivity contribution >= 4 is 5.82 Å². The molecular weight excluding hydrogens is 203 g/mol. The molecule has 0 N–H and O–H groups in total. The molecule has 0 aliphatic heterocycles. The van der Waals surface area contributed by atoms with Crippen molar-refractivity contribution in [1.82, 2.24) is 15.0 Å². The van der Waals surface area contributed by atoms with Crippen molar-refractivity contribution in [3.05, 3.63) is 16.1 Å². The lowest BCUT2D eigenvalue weighted by Crippen LogP contribution is -2.04. The van der Waals surface area contributed by atoms with Gasteiger partial charge in [-0.1, -0.05) is 26.2 Å². The zero-order valence-electron chi connectivity index (χ0n) is 8.52. The van der Waals surface area contributed by atoms with E-state index in [1.54, 1.807) is 0 Å². The topological polar surface area (TPSA) is 73.8 Å². The maximum atomic E-state index is 13.2. The number of nitro groups is 1. The fraction of sp³-hybridized carbons (Fsp3) is 0.750. The standard InChI is InChI=1S/C8H13FN4O2/c1-2-3-4-5-6-12-7(9)8(10-11-12)13(14)15/h2-6H2,1H3. The summed E-state index contributed by atoms with van der Waals surface area (Å²) in [6, 6.07) is 0. The molecule has 1 heterocycles. The molecule has 84 valence electrons. The van der Waals surface area contributed by atoms with Crippen LogP contribution in [0.2, 0.25) is 0 Å². The highest BCUT2D eigenvalue weighted by atomic mass is 19.1. The van der Waals surface area contributed by atoms with E-state index in [9.17, 15) is 14.5 Å². The number of aromatic nitrogens is 3. The van der Waals surface area contributed by atoms with E-state index in [1.807, 2.05) is 0 Å². The minimum absolute atomic E-state index is 0.340. The molecule has 1 aromatic rings. The number of hydrogen-bond acceptors (Lipinski definition) is 4. The van der Waals surface area contributed by atoms with E-state index in [0.29, 0.717) is 6.54 Å². The Labute approximate surface area is 86.2 Å². The summed E-state index contributed by atoms with van der Waals surface area (Å²) in [7, 11) is 0. The van der Waals surface area contributed by atoms with Gasteiger partial charge < -0.3 is 10.1 Å². The molecule has 0 atom stereocenters. The Kier molecular flexibility index (Phi) is 4.14. The third-order valence-corrected chi connectivity index (χ3v) is 2.05. The van der Waals surface area contributed by atoms with Crippen LogP contribution in [0.25, 0.3) is 0 Å². The SMILES string of the molecule is CCCCCCn1nnc([N+](=O)[O-])c1F. The summed E-state index contributed by atoms with van der Waals surface area (Å²) in [6.45, 7) is 2.41. The summed E-state index contributed by atoms with van der Waals surface area (Å²) in [6.07, 6.45) is 3.87. The lowest BCUT2D eigenvalue weighted by Gasteiger charge is -1.98. The Bertz CT molecular complexity index is 339. The number of aryl methyl sites for hydroxylation is 1. The number of nitrogens with zero attached hydrogens (tertiary/aromatic N) is 4. The molecule has 1 aromatic heterocycles. The van der Waals surface area contributed by atoms with E-state index in [0.717, 1.165) is 30.4 Å². The van der Waals surface area contributed by atoms with Gasteiger partial charge in [-0.2, -0.15) is 9.07 Å². The molecule has 0 radical (unpaired) electrons. The van der Waals surface area contributed by atoms with Crippen LogP contribution >= 0.6 is 0 Å².